The largest absolute Gasteiger partial charge is 0.493 e. The standard InChI is InChI=1S/C25H21N3O4/c1-31-21-10-15(6-9-20(21)32-14-19-5-3-2-4-18(19)12-26)13-27-28-24(29)22-16-7-8-17(11-16)23(22)25(28)30/h2-10,13,16-17,22-23H,11,14H2,1H3. The van der Waals surface area contributed by atoms with Gasteiger partial charge in [-0.1, -0.05) is 30.4 Å². The van der Waals surface area contributed by atoms with Gasteiger partial charge in [-0.15, -0.1) is 0 Å². The summed E-state index contributed by atoms with van der Waals surface area (Å²) in [6.45, 7) is 0.226. The van der Waals surface area contributed by atoms with Gasteiger partial charge in [0.2, 0.25) is 0 Å². The third-order valence-electron chi connectivity index (χ3n) is 6.48. The lowest BCUT2D eigenvalue weighted by molar-refractivity contribution is -0.140. The van der Waals surface area contributed by atoms with Crippen molar-refractivity contribution in [3.63, 3.8) is 0 Å². The molecule has 2 amide bonds. The Morgan fingerprint density at radius 1 is 1.09 bits per heavy atom. The van der Waals surface area contributed by atoms with Gasteiger partial charge in [0, 0.05) is 5.56 Å². The molecule has 1 saturated heterocycles. The topological polar surface area (TPSA) is 92.0 Å². The van der Waals surface area contributed by atoms with E-state index in [0.717, 1.165) is 17.0 Å². The van der Waals surface area contributed by atoms with E-state index >= 15 is 0 Å². The van der Waals surface area contributed by atoms with Crippen molar-refractivity contribution in [1.82, 2.24) is 5.01 Å². The molecule has 2 aromatic rings. The van der Waals surface area contributed by atoms with Crippen LogP contribution in [0.2, 0.25) is 0 Å². The molecule has 0 N–H and O–H groups in total. The second-order valence-electron chi connectivity index (χ2n) is 8.20. The van der Waals surface area contributed by atoms with Crippen molar-refractivity contribution in [1.29, 1.82) is 5.26 Å². The maximum atomic E-state index is 12.7. The fourth-order valence-corrected chi connectivity index (χ4v) is 4.92. The molecule has 7 heteroatoms. The minimum Gasteiger partial charge on any atom is -0.493 e. The highest BCUT2D eigenvalue weighted by molar-refractivity contribution is 6.06. The Kier molecular flexibility index (Phi) is 4.98. The van der Waals surface area contributed by atoms with E-state index in [2.05, 4.69) is 23.3 Å². The smallest absolute Gasteiger partial charge is 0.254 e. The first-order valence-corrected chi connectivity index (χ1v) is 10.5. The number of benzene rings is 2. The number of nitriles is 1. The molecule has 2 aliphatic carbocycles. The van der Waals surface area contributed by atoms with Crippen molar-refractivity contribution < 1.29 is 19.1 Å². The summed E-state index contributed by atoms with van der Waals surface area (Å²) in [4.78, 5) is 25.5. The van der Waals surface area contributed by atoms with Crippen LogP contribution in [-0.2, 0) is 16.2 Å². The SMILES string of the molecule is COc1cc(C=NN2C(=O)C3C4C=CC(C4)C3C2=O)ccc1OCc1ccccc1C#N. The summed E-state index contributed by atoms with van der Waals surface area (Å²) in [5.74, 6) is 0.359. The number of methoxy groups -OCH3 is 1. The molecule has 2 bridgehead atoms. The molecule has 2 aromatic carbocycles. The highest BCUT2D eigenvalue weighted by atomic mass is 16.5. The van der Waals surface area contributed by atoms with E-state index in [9.17, 15) is 14.9 Å². The fourth-order valence-electron chi connectivity index (χ4n) is 4.92. The molecule has 0 radical (unpaired) electrons. The van der Waals surface area contributed by atoms with Crippen LogP contribution in [0.1, 0.15) is 23.1 Å². The number of allylic oxidation sites excluding steroid dienone is 2. The second kappa shape index (κ2) is 7.97. The molecule has 5 rings (SSSR count). The summed E-state index contributed by atoms with van der Waals surface area (Å²) < 4.78 is 11.3. The Morgan fingerprint density at radius 3 is 2.50 bits per heavy atom. The number of carbonyl (C=O) groups is 2. The van der Waals surface area contributed by atoms with Gasteiger partial charge in [-0.25, -0.2) is 0 Å². The highest BCUT2D eigenvalue weighted by Gasteiger charge is 2.59. The predicted octanol–water partition coefficient (Wildman–Crippen LogP) is 3.29. The van der Waals surface area contributed by atoms with Crippen LogP contribution in [-0.4, -0.2) is 30.1 Å². The molecule has 7 nitrogen and oxygen atoms in total. The fraction of sp³-hybridized carbons (Fsp3) is 0.280. The van der Waals surface area contributed by atoms with E-state index in [1.54, 1.807) is 30.3 Å². The van der Waals surface area contributed by atoms with Crippen molar-refractivity contribution in [3.8, 4) is 17.6 Å². The van der Waals surface area contributed by atoms with Gasteiger partial charge in [-0.2, -0.15) is 15.4 Å². The Morgan fingerprint density at radius 2 is 1.81 bits per heavy atom. The summed E-state index contributed by atoms with van der Waals surface area (Å²) in [5, 5.41) is 14.5. The normalized spacial score (nSPS) is 25.4. The van der Waals surface area contributed by atoms with Crippen LogP contribution in [0.25, 0.3) is 0 Å². The van der Waals surface area contributed by atoms with Gasteiger partial charge in [-0.3, -0.25) is 9.59 Å². The van der Waals surface area contributed by atoms with Crippen LogP contribution < -0.4 is 9.47 Å². The van der Waals surface area contributed by atoms with E-state index in [1.165, 1.54) is 13.3 Å². The summed E-state index contributed by atoms with van der Waals surface area (Å²) in [5.41, 5.74) is 2.01. The van der Waals surface area contributed by atoms with Crippen molar-refractivity contribution >= 4 is 18.0 Å². The molecule has 1 saturated carbocycles. The molecule has 1 heterocycles. The molecular weight excluding hydrogens is 406 g/mol. The van der Waals surface area contributed by atoms with Gasteiger partial charge in [0.15, 0.2) is 11.5 Å². The third kappa shape index (κ3) is 3.25. The number of nitrogens with zero attached hydrogens (tertiary/aromatic N) is 3. The van der Waals surface area contributed by atoms with Crippen molar-refractivity contribution in [2.45, 2.75) is 13.0 Å². The summed E-state index contributed by atoms with van der Waals surface area (Å²) in [7, 11) is 1.53. The van der Waals surface area contributed by atoms with Crippen molar-refractivity contribution in [3.05, 3.63) is 71.3 Å². The van der Waals surface area contributed by atoms with Crippen LogP contribution in [0.4, 0.5) is 0 Å². The van der Waals surface area contributed by atoms with E-state index in [1.807, 2.05) is 12.1 Å². The number of ether oxygens (including phenoxy) is 2. The average Bonchev–Trinajstić information content (AvgIpc) is 3.51. The Bertz CT molecular complexity index is 1170. The van der Waals surface area contributed by atoms with Crippen LogP contribution in [0.3, 0.4) is 0 Å². The second-order valence-corrected chi connectivity index (χ2v) is 8.20. The van der Waals surface area contributed by atoms with Crippen LogP contribution >= 0.6 is 0 Å². The van der Waals surface area contributed by atoms with Gasteiger partial charge in [-0.05, 0) is 48.1 Å². The van der Waals surface area contributed by atoms with E-state index in [0.29, 0.717) is 22.6 Å². The lowest BCUT2D eigenvalue weighted by Gasteiger charge is -2.13. The number of hydrogen-bond acceptors (Lipinski definition) is 6. The summed E-state index contributed by atoms with van der Waals surface area (Å²) >= 11 is 0. The maximum Gasteiger partial charge on any atom is 0.254 e. The quantitative estimate of drug-likeness (QED) is 0.401. The zero-order valence-electron chi connectivity index (χ0n) is 17.5. The molecule has 2 fully saturated rings. The van der Waals surface area contributed by atoms with Gasteiger partial charge in [0.25, 0.3) is 11.8 Å². The highest BCUT2D eigenvalue weighted by Crippen LogP contribution is 2.52. The molecule has 3 aliphatic rings. The van der Waals surface area contributed by atoms with Crippen LogP contribution in [0.5, 0.6) is 11.5 Å². The number of hydrazone groups is 1. The third-order valence-corrected chi connectivity index (χ3v) is 6.48. The van der Waals surface area contributed by atoms with Gasteiger partial charge in [0.05, 0.1) is 36.8 Å². The van der Waals surface area contributed by atoms with Gasteiger partial charge >= 0.3 is 0 Å². The van der Waals surface area contributed by atoms with E-state index in [4.69, 9.17) is 9.47 Å². The lowest BCUT2D eigenvalue weighted by Crippen LogP contribution is -2.28. The molecule has 1 aliphatic heterocycles. The van der Waals surface area contributed by atoms with Gasteiger partial charge < -0.3 is 9.47 Å². The number of hydrogen-bond donors (Lipinski definition) is 0. The average molecular weight is 427 g/mol. The van der Waals surface area contributed by atoms with Gasteiger partial charge in [0.1, 0.15) is 6.61 Å². The Labute approximate surface area is 185 Å². The number of fused-ring (bicyclic) bond motifs is 5. The molecule has 32 heavy (non-hydrogen) atoms. The molecule has 4 atom stereocenters. The van der Waals surface area contributed by atoms with Crippen molar-refractivity contribution in [2.24, 2.45) is 28.8 Å². The summed E-state index contributed by atoms with van der Waals surface area (Å²) in [6, 6.07) is 14.6. The summed E-state index contributed by atoms with van der Waals surface area (Å²) in [6.07, 6.45) is 6.50. The zero-order chi connectivity index (χ0) is 22.2. The zero-order valence-corrected chi connectivity index (χ0v) is 17.5. The lowest BCUT2D eigenvalue weighted by atomic mass is 9.85. The molecule has 0 spiro atoms. The van der Waals surface area contributed by atoms with Crippen LogP contribution in [0, 0.1) is 35.0 Å². The minimum atomic E-state index is -0.267. The molecule has 4 unspecified atom stereocenters. The van der Waals surface area contributed by atoms with Crippen molar-refractivity contribution in [2.75, 3.05) is 7.11 Å². The monoisotopic (exact) mass is 427 g/mol. The predicted molar refractivity (Wildman–Crippen MR) is 116 cm³/mol. The Balaban J connectivity index is 1.30. The number of amides is 2. The number of carbonyl (C=O) groups excluding carboxylic acids is 2. The minimum absolute atomic E-state index is 0.157. The number of rotatable bonds is 6. The molecule has 0 aromatic heterocycles. The molecule has 160 valence electrons. The first-order chi connectivity index (χ1) is 15.6. The Hall–Kier alpha value is -3.92. The van der Waals surface area contributed by atoms with E-state index in [-0.39, 0.29) is 42.1 Å². The van der Waals surface area contributed by atoms with Crippen LogP contribution in [0.15, 0.2) is 59.7 Å². The number of imide groups is 1. The maximum absolute atomic E-state index is 12.7. The first kappa shape index (κ1) is 20.0. The molecular formula is C25H21N3O4. The first-order valence-electron chi connectivity index (χ1n) is 10.5. The van der Waals surface area contributed by atoms with E-state index < -0.39 is 0 Å².